The van der Waals surface area contributed by atoms with E-state index < -0.39 is 10.0 Å². The summed E-state index contributed by atoms with van der Waals surface area (Å²) in [4.78, 5) is 12.5. The number of carbonyl (C=O) groups excluding carboxylic acids is 1. The third-order valence-electron chi connectivity index (χ3n) is 4.38. The number of nitrogens with zero attached hydrogens (tertiary/aromatic N) is 1. The number of carbonyl (C=O) groups is 1. The van der Waals surface area contributed by atoms with Crippen molar-refractivity contribution >= 4 is 15.9 Å². The van der Waals surface area contributed by atoms with Crippen LogP contribution in [0.2, 0.25) is 0 Å². The lowest BCUT2D eigenvalue weighted by molar-refractivity contribution is 0.0925. The van der Waals surface area contributed by atoms with Gasteiger partial charge in [-0.2, -0.15) is 4.31 Å². The van der Waals surface area contributed by atoms with Crippen LogP contribution in [0, 0.1) is 11.8 Å². The van der Waals surface area contributed by atoms with Gasteiger partial charge in [0.25, 0.3) is 5.91 Å². The highest BCUT2D eigenvalue weighted by Crippen LogP contribution is 2.26. The Labute approximate surface area is 144 Å². The summed E-state index contributed by atoms with van der Waals surface area (Å²) in [7, 11) is -3.25. The number of sulfonamides is 1. The van der Waals surface area contributed by atoms with Crippen molar-refractivity contribution in [1.29, 1.82) is 0 Å². The van der Waals surface area contributed by atoms with Gasteiger partial charge in [-0.25, -0.2) is 8.42 Å². The smallest absolute Gasteiger partial charge is 0.251 e. The SMILES string of the molecule is CCOc1cccc(C(=O)N[C@H]2CN(S(C)(=O)=O)C[C@@H]2C(C)C)c1. The summed E-state index contributed by atoms with van der Waals surface area (Å²) in [5.41, 5.74) is 0.515. The van der Waals surface area contributed by atoms with Crippen LogP contribution in [0.25, 0.3) is 0 Å². The number of hydrogen-bond acceptors (Lipinski definition) is 4. The van der Waals surface area contributed by atoms with Crippen molar-refractivity contribution < 1.29 is 17.9 Å². The van der Waals surface area contributed by atoms with E-state index in [9.17, 15) is 13.2 Å². The lowest BCUT2D eigenvalue weighted by Crippen LogP contribution is -2.42. The molecule has 1 aliphatic rings. The van der Waals surface area contributed by atoms with Crippen LogP contribution in [0.5, 0.6) is 5.75 Å². The Kier molecular flexibility index (Phi) is 5.87. The highest BCUT2D eigenvalue weighted by Gasteiger charge is 2.39. The van der Waals surface area contributed by atoms with Gasteiger partial charge in [0, 0.05) is 24.7 Å². The fraction of sp³-hybridized carbons (Fsp3) is 0.588. The van der Waals surface area contributed by atoms with Gasteiger partial charge in [-0.3, -0.25) is 4.79 Å². The molecule has 0 saturated carbocycles. The summed E-state index contributed by atoms with van der Waals surface area (Å²) in [6, 6.07) is 6.82. The maximum absolute atomic E-state index is 12.5. The summed E-state index contributed by atoms with van der Waals surface area (Å²) < 4.78 is 30.5. The predicted molar refractivity (Wildman–Crippen MR) is 93.6 cm³/mol. The summed E-state index contributed by atoms with van der Waals surface area (Å²) in [5.74, 6) is 0.813. The van der Waals surface area contributed by atoms with Crippen molar-refractivity contribution in [1.82, 2.24) is 9.62 Å². The first-order chi connectivity index (χ1) is 11.2. The molecule has 7 heteroatoms. The zero-order valence-electron chi connectivity index (χ0n) is 14.7. The summed E-state index contributed by atoms with van der Waals surface area (Å²) >= 11 is 0. The summed E-state index contributed by atoms with van der Waals surface area (Å²) in [6.45, 7) is 7.28. The summed E-state index contributed by atoms with van der Waals surface area (Å²) in [5, 5.41) is 3.00. The molecular formula is C17H26N2O4S. The minimum atomic E-state index is -3.25. The van der Waals surface area contributed by atoms with E-state index in [-0.39, 0.29) is 23.8 Å². The van der Waals surface area contributed by atoms with Crippen molar-refractivity contribution in [2.24, 2.45) is 11.8 Å². The van der Waals surface area contributed by atoms with E-state index in [1.54, 1.807) is 24.3 Å². The maximum atomic E-state index is 12.5. The molecule has 24 heavy (non-hydrogen) atoms. The number of hydrogen-bond donors (Lipinski definition) is 1. The molecule has 1 aliphatic heterocycles. The minimum Gasteiger partial charge on any atom is -0.494 e. The lowest BCUT2D eigenvalue weighted by atomic mass is 9.91. The molecule has 1 fully saturated rings. The molecule has 0 aliphatic carbocycles. The molecule has 134 valence electrons. The number of nitrogens with one attached hydrogen (secondary N) is 1. The fourth-order valence-corrected chi connectivity index (χ4v) is 3.91. The van der Waals surface area contributed by atoms with Crippen molar-refractivity contribution in [2.45, 2.75) is 26.8 Å². The van der Waals surface area contributed by atoms with Gasteiger partial charge in [0.1, 0.15) is 5.75 Å². The van der Waals surface area contributed by atoms with Gasteiger partial charge < -0.3 is 10.1 Å². The molecule has 0 bridgehead atoms. The first-order valence-corrected chi connectivity index (χ1v) is 10.1. The van der Waals surface area contributed by atoms with E-state index >= 15 is 0 Å². The molecule has 2 atom stereocenters. The zero-order valence-corrected chi connectivity index (χ0v) is 15.5. The fourth-order valence-electron chi connectivity index (χ4n) is 3.04. The van der Waals surface area contributed by atoms with Crippen molar-refractivity contribution in [2.75, 3.05) is 26.0 Å². The Balaban J connectivity index is 2.13. The molecule has 0 spiro atoms. The molecule has 1 aromatic rings. The molecule has 1 heterocycles. The normalized spacial score (nSPS) is 21.9. The molecule has 1 N–H and O–H groups in total. The van der Waals surface area contributed by atoms with E-state index in [1.165, 1.54) is 10.6 Å². The monoisotopic (exact) mass is 354 g/mol. The second-order valence-corrected chi connectivity index (χ2v) is 8.51. The highest BCUT2D eigenvalue weighted by molar-refractivity contribution is 7.88. The van der Waals surface area contributed by atoms with Crippen LogP contribution in [0.15, 0.2) is 24.3 Å². The topological polar surface area (TPSA) is 75.7 Å². The van der Waals surface area contributed by atoms with Gasteiger partial charge >= 0.3 is 0 Å². The third-order valence-corrected chi connectivity index (χ3v) is 5.62. The van der Waals surface area contributed by atoms with Crippen molar-refractivity contribution in [3.8, 4) is 5.75 Å². The Morgan fingerprint density at radius 3 is 2.67 bits per heavy atom. The first kappa shape index (κ1) is 18.7. The number of ether oxygens (including phenoxy) is 1. The predicted octanol–water partition coefficient (Wildman–Crippen LogP) is 1.73. The van der Waals surface area contributed by atoms with Crippen LogP contribution in [-0.2, 0) is 10.0 Å². The van der Waals surface area contributed by atoms with E-state index in [2.05, 4.69) is 5.32 Å². The minimum absolute atomic E-state index is 0.0961. The van der Waals surface area contributed by atoms with Gasteiger partial charge in [0.2, 0.25) is 10.0 Å². The van der Waals surface area contributed by atoms with Crippen LogP contribution < -0.4 is 10.1 Å². The molecule has 1 amide bonds. The second-order valence-electron chi connectivity index (χ2n) is 6.53. The largest absolute Gasteiger partial charge is 0.494 e. The Bertz CT molecular complexity index is 688. The van der Waals surface area contributed by atoms with Gasteiger partial charge in [0.15, 0.2) is 0 Å². The number of benzene rings is 1. The number of rotatable bonds is 6. The molecule has 1 aromatic carbocycles. The Morgan fingerprint density at radius 1 is 1.38 bits per heavy atom. The Morgan fingerprint density at radius 2 is 2.08 bits per heavy atom. The van der Waals surface area contributed by atoms with E-state index in [1.807, 2.05) is 20.8 Å². The molecule has 1 saturated heterocycles. The second kappa shape index (κ2) is 7.53. The van der Waals surface area contributed by atoms with E-state index in [4.69, 9.17) is 4.74 Å². The average Bonchev–Trinajstić information content (AvgIpc) is 2.92. The lowest BCUT2D eigenvalue weighted by Gasteiger charge is -2.23. The molecule has 0 unspecified atom stereocenters. The van der Waals surface area contributed by atoms with Gasteiger partial charge in [-0.1, -0.05) is 19.9 Å². The zero-order chi connectivity index (χ0) is 17.9. The highest BCUT2D eigenvalue weighted by atomic mass is 32.2. The number of amides is 1. The quantitative estimate of drug-likeness (QED) is 0.844. The molecule has 2 rings (SSSR count). The van der Waals surface area contributed by atoms with Gasteiger partial charge in [0.05, 0.1) is 12.9 Å². The van der Waals surface area contributed by atoms with Crippen molar-refractivity contribution in [3.05, 3.63) is 29.8 Å². The van der Waals surface area contributed by atoms with Crippen LogP contribution in [-0.4, -0.2) is 50.6 Å². The molecule has 0 radical (unpaired) electrons. The van der Waals surface area contributed by atoms with Crippen LogP contribution in [0.3, 0.4) is 0 Å². The third kappa shape index (κ3) is 4.48. The summed E-state index contributed by atoms with van der Waals surface area (Å²) in [6.07, 6.45) is 1.21. The molecule has 6 nitrogen and oxygen atoms in total. The molecular weight excluding hydrogens is 328 g/mol. The first-order valence-electron chi connectivity index (χ1n) is 8.21. The van der Waals surface area contributed by atoms with Crippen molar-refractivity contribution in [3.63, 3.8) is 0 Å². The maximum Gasteiger partial charge on any atom is 0.251 e. The van der Waals surface area contributed by atoms with Gasteiger partial charge in [-0.15, -0.1) is 0 Å². The van der Waals surface area contributed by atoms with Crippen LogP contribution in [0.4, 0.5) is 0 Å². The van der Waals surface area contributed by atoms with E-state index in [0.717, 1.165) is 0 Å². The van der Waals surface area contributed by atoms with Crippen LogP contribution in [0.1, 0.15) is 31.1 Å². The van der Waals surface area contributed by atoms with Crippen LogP contribution >= 0.6 is 0 Å². The molecule has 0 aromatic heterocycles. The Hall–Kier alpha value is -1.60. The standard InChI is InChI=1S/C17H26N2O4S/c1-5-23-14-8-6-7-13(9-14)17(20)18-16-11-19(24(4,21)22)10-15(16)12(2)3/h6-9,12,15-16H,5,10-11H2,1-4H3,(H,18,20)/t15-,16+/m1/s1. The average molecular weight is 354 g/mol. The van der Waals surface area contributed by atoms with E-state index in [0.29, 0.717) is 31.0 Å². The van der Waals surface area contributed by atoms with Gasteiger partial charge in [-0.05, 0) is 37.0 Å².